The van der Waals surface area contributed by atoms with Crippen LogP contribution in [0.4, 0.5) is 0 Å². The zero-order valence-corrected chi connectivity index (χ0v) is 13.6. The first-order chi connectivity index (χ1) is 10.7. The fraction of sp³-hybridized carbons (Fsp3) is 0. The molecular formula is C16H10ClN2OS2+. The number of nitrogens with zero attached hydrogens (tertiary/aromatic N) is 1. The SMILES string of the molecule is N#CC(C(=O)c1ccccc1Cl)=C1NC=C[S+]1c1cccs1. The molecule has 3 nitrogen and oxygen atoms in total. The number of Topliss-reactive ketones (excluding diaryl/α,β-unsaturated/α-hetero) is 1. The maximum Gasteiger partial charge on any atom is 0.258 e. The molecule has 0 radical (unpaired) electrons. The Labute approximate surface area is 139 Å². The molecule has 0 aliphatic carbocycles. The summed E-state index contributed by atoms with van der Waals surface area (Å²) in [4.78, 5) is 12.7. The largest absolute Gasteiger partial charge is 0.316 e. The second-order valence-electron chi connectivity index (χ2n) is 4.34. The summed E-state index contributed by atoms with van der Waals surface area (Å²) in [6.07, 6.45) is 1.77. The number of allylic oxidation sites excluding steroid dienone is 1. The molecule has 1 N–H and O–H groups in total. The lowest BCUT2D eigenvalue weighted by Gasteiger charge is -2.04. The number of ketones is 1. The zero-order chi connectivity index (χ0) is 15.5. The molecule has 0 saturated heterocycles. The predicted molar refractivity (Wildman–Crippen MR) is 90.6 cm³/mol. The van der Waals surface area contributed by atoms with Crippen LogP contribution in [0.2, 0.25) is 5.02 Å². The number of hydrogen-bond acceptors (Lipinski definition) is 4. The molecule has 2 heterocycles. The standard InChI is InChI=1S/C16H9ClN2OS2/c17-13-5-2-1-4-11(13)15(20)12(10-18)16-19-7-9-22(16)14-6-3-8-21-14/h1-9H/p+1. The molecule has 0 fully saturated rings. The summed E-state index contributed by atoms with van der Waals surface area (Å²) in [5.74, 6) is -0.353. The number of carbonyl (C=O) groups is 1. The molecule has 2 aromatic rings. The summed E-state index contributed by atoms with van der Waals surface area (Å²) < 4.78 is 1.11. The number of benzene rings is 1. The lowest BCUT2D eigenvalue weighted by molar-refractivity contribution is 0.103. The van der Waals surface area contributed by atoms with Crippen LogP contribution in [0.15, 0.2) is 68.2 Å². The van der Waals surface area contributed by atoms with E-state index >= 15 is 0 Å². The van der Waals surface area contributed by atoms with Crippen LogP contribution in [0.25, 0.3) is 0 Å². The van der Waals surface area contributed by atoms with Crippen molar-refractivity contribution in [3.05, 3.63) is 74.6 Å². The highest BCUT2D eigenvalue weighted by Gasteiger charge is 2.37. The molecule has 1 aromatic heterocycles. The Morgan fingerprint density at radius 1 is 1.27 bits per heavy atom. The van der Waals surface area contributed by atoms with E-state index in [9.17, 15) is 10.1 Å². The molecule has 1 aliphatic heterocycles. The quantitative estimate of drug-likeness (QED) is 0.395. The monoisotopic (exact) mass is 345 g/mol. The van der Waals surface area contributed by atoms with E-state index in [1.165, 1.54) is 0 Å². The molecule has 0 saturated carbocycles. The van der Waals surface area contributed by atoms with E-state index in [2.05, 4.69) is 5.32 Å². The molecule has 1 aromatic carbocycles. The van der Waals surface area contributed by atoms with E-state index in [0.29, 0.717) is 15.6 Å². The van der Waals surface area contributed by atoms with Crippen molar-refractivity contribution in [2.75, 3.05) is 0 Å². The average Bonchev–Trinajstić information content (AvgIpc) is 3.19. The van der Waals surface area contributed by atoms with Crippen molar-refractivity contribution < 1.29 is 4.79 Å². The number of thiophene rings is 1. The Morgan fingerprint density at radius 3 is 2.77 bits per heavy atom. The smallest absolute Gasteiger partial charge is 0.258 e. The maximum atomic E-state index is 12.7. The summed E-state index contributed by atoms with van der Waals surface area (Å²) in [6.45, 7) is 0. The van der Waals surface area contributed by atoms with Gasteiger partial charge in [0.15, 0.2) is 5.57 Å². The van der Waals surface area contributed by atoms with Crippen molar-refractivity contribution in [3.8, 4) is 6.07 Å². The van der Waals surface area contributed by atoms with E-state index in [4.69, 9.17) is 11.6 Å². The third kappa shape index (κ3) is 2.69. The van der Waals surface area contributed by atoms with Crippen LogP contribution < -0.4 is 5.32 Å². The summed E-state index contributed by atoms with van der Waals surface area (Å²) >= 11 is 7.68. The van der Waals surface area contributed by atoms with Crippen LogP contribution >= 0.6 is 22.9 Å². The van der Waals surface area contributed by atoms with Gasteiger partial charge in [-0.2, -0.15) is 5.26 Å². The molecule has 0 amide bonds. The molecule has 3 rings (SSSR count). The van der Waals surface area contributed by atoms with E-state index in [0.717, 1.165) is 4.21 Å². The van der Waals surface area contributed by atoms with Crippen LogP contribution in [-0.2, 0) is 10.9 Å². The van der Waals surface area contributed by atoms with Crippen LogP contribution in [0.1, 0.15) is 10.4 Å². The first kappa shape index (κ1) is 14.9. The van der Waals surface area contributed by atoms with Crippen LogP contribution in [0.3, 0.4) is 0 Å². The molecule has 108 valence electrons. The van der Waals surface area contributed by atoms with Crippen molar-refractivity contribution in [2.24, 2.45) is 0 Å². The highest BCUT2D eigenvalue weighted by atomic mass is 35.5. The van der Waals surface area contributed by atoms with E-state index in [1.807, 2.05) is 29.0 Å². The van der Waals surface area contributed by atoms with Gasteiger partial charge in [-0.05, 0) is 23.6 Å². The summed E-state index contributed by atoms with van der Waals surface area (Å²) in [5.41, 5.74) is 0.450. The van der Waals surface area contributed by atoms with Gasteiger partial charge in [-0.1, -0.05) is 35.1 Å². The Balaban J connectivity index is 2.05. The predicted octanol–water partition coefficient (Wildman–Crippen LogP) is 4.07. The van der Waals surface area contributed by atoms with Gasteiger partial charge in [0.05, 0.1) is 11.2 Å². The Bertz CT molecular complexity index is 819. The Hall–Kier alpha value is -2.00. The van der Waals surface area contributed by atoms with Gasteiger partial charge in [0.2, 0.25) is 9.99 Å². The molecule has 0 spiro atoms. The van der Waals surface area contributed by atoms with Gasteiger partial charge < -0.3 is 5.32 Å². The topological polar surface area (TPSA) is 52.9 Å². The molecular weight excluding hydrogens is 336 g/mol. The first-order valence-electron chi connectivity index (χ1n) is 6.36. The average molecular weight is 346 g/mol. The van der Waals surface area contributed by atoms with Crippen molar-refractivity contribution in [3.63, 3.8) is 0 Å². The highest BCUT2D eigenvalue weighted by Crippen LogP contribution is 2.32. The van der Waals surface area contributed by atoms with Gasteiger partial charge in [-0.3, -0.25) is 4.79 Å². The van der Waals surface area contributed by atoms with Crippen molar-refractivity contribution in [1.29, 1.82) is 5.26 Å². The Kier molecular flexibility index (Phi) is 4.34. The minimum Gasteiger partial charge on any atom is -0.316 e. The molecule has 1 atom stereocenters. The van der Waals surface area contributed by atoms with Crippen molar-refractivity contribution in [1.82, 2.24) is 5.32 Å². The number of carbonyl (C=O) groups excluding carboxylic acids is 1. The minimum absolute atomic E-state index is 0.106. The first-order valence-corrected chi connectivity index (χ1v) is 8.90. The summed E-state index contributed by atoms with van der Waals surface area (Å²) in [7, 11) is -0.408. The van der Waals surface area contributed by atoms with Crippen LogP contribution in [0, 0.1) is 11.3 Å². The van der Waals surface area contributed by atoms with Crippen molar-refractivity contribution >= 4 is 39.6 Å². The third-order valence-corrected chi connectivity index (χ3v) is 6.59. The third-order valence-electron chi connectivity index (χ3n) is 3.03. The van der Waals surface area contributed by atoms with E-state index in [-0.39, 0.29) is 11.4 Å². The number of nitrogens with one attached hydrogen (secondary N) is 1. The Morgan fingerprint density at radius 2 is 2.09 bits per heavy atom. The molecule has 0 bridgehead atoms. The lowest BCUT2D eigenvalue weighted by Crippen LogP contribution is -2.15. The molecule has 1 unspecified atom stereocenters. The van der Waals surface area contributed by atoms with Gasteiger partial charge in [0.25, 0.3) is 5.03 Å². The zero-order valence-electron chi connectivity index (χ0n) is 11.2. The highest BCUT2D eigenvalue weighted by molar-refractivity contribution is 8.05. The fourth-order valence-corrected chi connectivity index (χ4v) is 5.15. The fourth-order valence-electron chi connectivity index (χ4n) is 2.03. The van der Waals surface area contributed by atoms with E-state index in [1.54, 1.807) is 41.8 Å². The summed E-state index contributed by atoms with van der Waals surface area (Å²) in [6, 6.07) is 12.8. The number of rotatable bonds is 3. The van der Waals surface area contributed by atoms with E-state index < -0.39 is 10.9 Å². The lowest BCUT2D eigenvalue weighted by atomic mass is 10.1. The second kappa shape index (κ2) is 6.41. The molecule has 1 aliphatic rings. The second-order valence-corrected chi connectivity index (χ2v) is 7.75. The maximum absolute atomic E-state index is 12.7. The van der Waals surface area contributed by atoms with Crippen LogP contribution in [0.5, 0.6) is 0 Å². The van der Waals surface area contributed by atoms with Crippen molar-refractivity contribution in [2.45, 2.75) is 4.21 Å². The van der Waals surface area contributed by atoms with Gasteiger partial charge >= 0.3 is 0 Å². The van der Waals surface area contributed by atoms with Gasteiger partial charge in [0, 0.05) is 11.6 Å². The number of halogens is 1. The minimum atomic E-state index is -0.408. The number of nitriles is 1. The molecule has 22 heavy (non-hydrogen) atoms. The van der Waals surface area contributed by atoms with Crippen LogP contribution in [-0.4, -0.2) is 5.78 Å². The summed E-state index contributed by atoms with van der Waals surface area (Å²) in [5, 5.41) is 17.5. The molecule has 6 heteroatoms. The van der Waals surface area contributed by atoms with Gasteiger partial charge in [-0.25, -0.2) is 0 Å². The normalized spacial score (nSPS) is 18.6. The number of hydrogen-bond donors (Lipinski definition) is 1. The van der Waals surface area contributed by atoms with Gasteiger partial charge in [0.1, 0.15) is 22.4 Å². The van der Waals surface area contributed by atoms with Gasteiger partial charge in [-0.15, -0.1) is 0 Å².